The van der Waals surface area contributed by atoms with Gasteiger partial charge in [0.1, 0.15) is 5.75 Å². The van der Waals surface area contributed by atoms with Crippen molar-refractivity contribution in [2.45, 2.75) is 17.4 Å². The first-order chi connectivity index (χ1) is 8.20. The van der Waals surface area contributed by atoms with E-state index in [0.717, 1.165) is 24.5 Å². The van der Waals surface area contributed by atoms with E-state index in [1.165, 1.54) is 0 Å². The number of ether oxygens (including phenoxy) is 2. The molecule has 0 saturated carbocycles. The van der Waals surface area contributed by atoms with Crippen molar-refractivity contribution in [1.29, 1.82) is 0 Å². The molecule has 0 aliphatic carbocycles. The molecule has 0 bridgehead atoms. The third kappa shape index (κ3) is 3.01. The Morgan fingerprint density at radius 2 is 2.06 bits per heavy atom. The summed E-state index contributed by atoms with van der Waals surface area (Å²) < 4.78 is 10.2. The van der Waals surface area contributed by atoms with Crippen LogP contribution in [0.3, 0.4) is 0 Å². The van der Waals surface area contributed by atoms with Crippen LogP contribution in [-0.4, -0.2) is 36.6 Å². The number of methoxy groups -OCH3 is 1. The molecule has 92 valence electrons. The van der Waals surface area contributed by atoms with Crippen LogP contribution in [0.5, 0.6) is 5.75 Å². The van der Waals surface area contributed by atoms with E-state index < -0.39 is 0 Å². The standard InChI is InChI=1S/C13H16O3S/c1-9(17-12-7-16-8-12)13(14)10-3-5-11(15-2)6-4-10/h3-6,9,12H,7-8H2,1-2H3. The summed E-state index contributed by atoms with van der Waals surface area (Å²) in [5.41, 5.74) is 0.742. The zero-order valence-corrected chi connectivity index (χ0v) is 10.8. The van der Waals surface area contributed by atoms with E-state index in [-0.39, 0.29) is 11.0 Å². The number of benzene rings is 1. The number of carbonyl (C=O) groups is 1. The molecule has 17 heavy (non-hydrogen) atoms. The molecule has 1 saturated heterocycles. The third-order valence-corrected chi connectivity index (χ3v) is 4.03. The van der Waals surface area contributed by atoms with Crippen LogP contribution in [0.4, 0.5) is 0 Å². The van der Waals surface area contributed by atoms with E-state index in [4.69, 9.17) is 9.47 Å². The van der Waals surface area contributed by atoms with Crippen molar-refractivity contribution in [3.05, 3.63) is 29.8 Å². The number of carbonyl (C=O) groups excluding carboxylic acids is 1. The fraction of sp³-hybridized carbons (Fsp3) is 0.462. The first kappa shape index (κ1) is 12.5. The third-order valence-electron chi connectivity index (χ3n) is 2.75. The van der Waals surface area contributed by atoms with Crippen LogP contribution in [0.2, 0.25) is 0 Å². The molecular weight excluding hydrogens is 236 g/mol. The monoisotopic (exact) mass is 252 g/mol. The average Bonchev–Trinajstić information content (AvgIpc) is 2.32. The quantitative estimate of drug-likeness (QED) is 0.754. The maximum Gasteiger partial charge on any atom is 0.175 e. The van der Waals surface area contributed by atoms with Crippen LogP contribution in [0.15, 0.2) is 24.3 Å². The number of hydrogen-bond donors (Lipinski definition) is 0. The molecule has 1 aromatic rings. The average molecular weight is 252 g/mol. The fourth-order valence-electron chi connectivity index (χ4n) is 1.63. The molecule has 0 spiro atoms. The summed E-state index contributed by atoms with van der Waals surface area (Å²) in [7, 11) is 1.62. The van der Waals surface area contributed by atoms with Crippen molar-refractivity contribution in [1.82, 2.24) is 0 Å². The summed E-state index contributed by atoms with van der Waals surface area (Å²) in [6.45, 7) is 3.49. The van der Waals surface area contributed by atoms with E-state index >= 15 is 0 Å². The normalized spacial score (nSPS) is 17.3. The van der Waals surface area contributed by atoms with Gasteiger partial charge in [-0.05, 0) is 31.2 Å². The summed E-state index contributed by atoms with van der Waals surface area (Å²) in [4.78, 5) is 12.1. The van der Waals surface area contributed by atoms with E-state index in [0.29, 0.717) is 5.25 Å². The zero-order chi connectivity index (χ0) is 12.3. The van der Waals surface area contributed by atoms with E-state index in [2.05, 4.69) is 0 Å². The number of Topliss-reactive ketones (excluding diaryl/α,β-unsaturated/α-hetero) is 1. The van der Waals surface area contributed by atoms with Gasteiger partial charge in [-0.3, -0.25) is 4.79 Å². The largest absolute Gasteiger partial charge is 0.497 e. The van der Waals surface area contributed by atoms with Crippen LogP contribution >= 0.6 is 11.8 Å². The van der Waals surface area contributed by atoms with Crippen molar-refractivity contribution in [3.8, 4) is 5.75 Å². The minimum Gasteiger partial charge on any atom is -0.497 e. The van der Waals surface area contributed by atoms with Crippen molar-refractivity contribution in [2.24, 2.45) is 0 Å². The van der Waals surface area contributed by atoms with Gasteiger partial charge in [0.05, 0.1) is 30.8 Å². The van der Waals surface area contributed by atoms with E-state index in [1.807, 2.05) is 31.2 Å². The Morgan fingerprint density at radius 3 is 2.53 bits per heavy atom. The molecule has 0 amide bonds. The van der Waals surface area contributed by atoms with Crippen molar-refractivity contribution < 1.29 is 14.3 Å². The maximum atomic E-state index is 12.1. The van der Waals surface area contributed by atoms with E-state index in [9.17, 15) is 4.79 Å². The lowest BCUT2D eigenvalue weighted by molar-refractivity contribution is 0.0453. The summed E-state index contributed by atoms with van der Waals surface area (Å²) in [5, 5.41) is 0.462. The molecular formula is C13H16O3S. The predicted octanol–water partition coefficient (Wildman–Crippen LogP) is 2.40. The van der Waals surface area contributed by atoms with Crippen molar-refractivity contribution >= 4 is 17.5 Å². The lowest BCUT2D eigenvalue weighted by Crippen LogP contribution is -2.33. The summed E-state index contributed by atoms with van der Waals surface area (Å²) in [6, 6.07) is 7.26. The minimum atomic E-state index is -0.0164. The number of rotatable bonds is 5. The van der Waals surface area contributed by atoms with Crippen molar-refractivity contribution in [2.75, 3.05) is 20.3 Å². The summed E-state index contributed by atoms with van der Waals surface area (Å²) in [5.74, 6) is 0.943. The number of hydrogen-bond acceptors (Lipinski definition) is 4. The zero-order valence-electron chi connectivity index (χ0n) is 10.0. The van der Waals surface area contributed by atoms with Gasteiger partial charge in [0.25, 0.3) is 0 Å². The van der Waals surface area contributed by atoms with Gasteiger partial charge in [0.2, 0.25) is 0 Å². The van der Waals surface area contributed by atoms with Gasteiger partial charge in [0, 0.05) is 5.56 Å². The summed E-state index contributed by atoms with van der Waals surface area (Å²) >= 11 is 1.69. The molecule has 3 nitrogen and oxygen atoms in total. The molecule has 1 atom stereocenters. The van der Waals surface area contributed by atoms with Crippen LogP contribution < -0.4 is 4.74 Å². The van der Waals surface area contributed by atoms with Crippen LogP contribution in [-0.2, 0) is 4.74 Å². The molecule has 1 unspecified atom stereocenters. The van der Waals surface area contributed by atoms with Crippen LogP contribution in [0.25, 0.3) is 0 Å². The Morgan fingerprint density at radius 1 is 1.41 bits per heavy atom. The smallest absolute Gasteiger partial charge is 0.175 e. The van der Waals surface area contributed by atoms with Gasteiger partial charge in [-0.1, -0.05) is 0 Å². The lowest BCUT2D eigenvalue weighted by atomic mass is 10.1. The highest BCUT2D eigenvalue weighted by molar-refractivity contribution is 8.01. The Balaban J connectivity index is 1.96. The Kier molecular flexibility index (Phi) is 4.07. The van der Waals surface area contributed by atoms with Gasteiger partial charge >= 0.3 is 0 Å². The molecule has 0 N–H and O–H groups in total. The van der Waals surface area contributed by atoms with Gasteiger partial charge in [-0.2, -0.15) is 0 Å². The van der Waals surface area contributed by atoms with Gasteiger partial charge in [-0.15, -0.1) is 11.8 Å². The van der Waals surface area contributed by atoms with Crippen LogP contribution in [0, 0.1) is 0 Å². The van der Waals surface area contributed by atoms with Gasteiger partial charge in [-0.25, -0.2) is 0 Å². The van der Waals surface area contributed by atoms with Gasteiger partial charge < -0.3 is 9.47 Å². The number of ketones is 1. The second kappa shape index (κ2) is 5.56. The molecule has 4 heteroatoms. The number of thioether (sulfide) groups is 1. The first-order valence-electron chi connectivity index (χ1n) is 5.62. The molecule has 0 radical (unpaired) electrons. The second-order valence-corrected chi connectivity index (χ2v) is 5.68. The Bertz CT molecular complexity index is 384. The highest BCUT2D eigenvalue weighted by Crippen LogP contribution is 2.26. The lowest BCUT2D eigenvalue weighted by Gasteiger charge is -2.27. The highest BCUT2D eigenvalue weighted by Gasteiger charge is 2.25. The molecule has 0 aromatic heterocycles. The molecule has 1 aliphatic heterocycles. The molecule has 1 aromatic carbocycles. The predicted molar refractivity (Wildman–Crippen MR) is 69.0 cm³/mol. The summed E-state index contributed by atoms with van der Waals surface area (Å²) in [6.07, 6.45) is 0. The molecule has 2 rings (SSSR count). The molecule has 1 aliphatic rings. The highest BCUT2D eigenvalue weighted by atomic mass is 32.2. The SMILES string of the molecule is COc1ccc(C(=O)C(C)SC2COC2)cc1. The van der Waals surface area contributed by atoms with Crippen molar-refractivity contribution in [3.63, 3.8) is 0 Å². The van der Waals surface area contributed by atoms with Crippen LogP contribution in [0.1, 0.15) is 17.3 Å². The Hall–Kier alpha value is -1.00. The first-order valence-corrected chi connectivity index (χ1v) is 6.56. The second-order valence-electron chi connectivity index (χ2n) is 4.03. The topological polar surface area (TPSA) is 35.5 Å². The Labute approximate surface area is 105 Å². The molecule has 1 fully saturated rings. The van der Waals surface area contributed by atoms with E-state index in [1.54, 1.807) is 18.9 Å². The fourth-order valence-corrected chi connectivity index (χ4v) is 2.82. The minimum absolute atomic E-state index is 0.0164. The van der Waals surface area contributed by atoms with Gasteiger partial charge in [0.15, 0.2) is 5.78 Å². The molecule has 1 heterocycles. The maximum absolute atomic E-state index is 12.1.